The van der Waals surface area contributed by atoms with Gasteiger partial charge in [0.05, 0.1) is 5.88 Å². The minimum absolute atomic E-state index is 0.0423. The highest BCUT2D eigenvalue weighted by Crippen LogP contribution is 2.32. The molecule has 1 heterocycles. The number of hydrogen-bond acceptors (Lipinski definition) is 4. The van der Waals surface area contributed by atoms with Gasteiger partial charge in [-0.3, -0.25) is 14.4 Å². The fraction of sp³-hybridized carbons (Fsp3) is 0.471. The Bertz CT molecular complexity index is 642. The second kappa shape index (κ2) is 6.74. The van der Waals surface area contributed by atoms with Crippen molar-refractivity contribution in [2.75, 3.05) is 16.9 Å². The van der Waals surface area contributed by atoms with Crippen molar-refractivity contribution >= 4 is 35.0 Å². The lowest BCUT2D eigenvalue weighted by molar-refractivity contribution is -0.141. The molecule has 3 rings (SSSR count). The van der Waals surface area contributed by atoms with Crippen LogP contribution in [0.3, 0.4) is 0 Å². The number of carbonyl (C=O) groups is 3. The number of thioether (sulfide) groups is 1. The van der Waals surface area contributed by atoms with Crippen molar-refractivity contribution in [1.82, 2.24) is 4.90 Å². The lowest BCUT2D eigenvalue weighted by atomic mass is 9.84. The van der Waals surface area contributed by atoms with Crippen LogP contribution in [-0.4, -0.2) is 40.2 Å². The largest absolute Gasteiger partial charge is 0.324 e. The summed E-state index contributed by atoms with van der Waals surface area (Å²) in [5, 5.41) is 2.84. The van der Waals surface area contributed by atoms with Gasteiger partial charge in [-0.1, -0.05) is 18.6 Å². The molecule has 2 fully saturated rings. The van der Waals surface area contributed by atoms with Gasteiger partial charge in [0.25, 0.3) is 0 Å². The van der Waals surface area contributed by atoms with Crippen LogP contribution in [-0.2, 0) is 9.59 Å². The van der Waals surface area contributed by atoms with E-state index < -0.39 is 6.04 Å². The molecule has 1 atom stereocenters. The van der Waals surface area contributed by atoms with Gasteiger partial charge in [0.1, 0.15) is 6.04 Å². The first-order valence-electron chi connectivity index (χ1n) is 7.86. The SMILES string of the molecule is CC(=O)c1cccc(NC(=O)C2CSCN2C(=O)C2CCC2)c1. The lowest BCUT2D eigenvalue weighted by Gasteiger charge is -2.31. The smallest absolute Gasteiger partial charge is 0.248 e. The van der Waals surface area contributed by atoms with Gasteiger partial charge < -0.3 is 10.2 Å². The van der Waals surface area contributed by atoms with Gasteiger partial charge in [-0.2, -0.15) is 0 Å². The fourth-order valence-electron chi connectivity index (χ4n) is 2.81. The average molecular weight is 332 g/mol. The zero-order valence-corrected chi connectivity index (χ0v) is 13.9. The van der Waals surface area contributed by atoms with Crippen LogP contribution in [0.4, 0.5) is 5.69 Å². The highest BCUT2D eigenvalue weighted by molar-refractivity contribution is 7.99. The molecule has 5 nitrogen and oxygen atoms in total. The van der Waals surface area contributed by atoms with Crippen LogP contribution in [0.5, 0.6) is 0 Å². The van der Waals surface area contributed by atoms with Crippen molar-refractivity contribution in [3.8, 4) is 0 Å². The Labute approximate surface area is 139 Å². The van der Waals surface area contributed by atoms with Gasteiger partial charge >= 0.3 is 0 Å². The van der Waals surface area contributed by atoms with E-state index >= 15 is 0 Å². The molecule has 1 aromatic carbocycles. The summed E-state index contributed by atoms with van der Waals surface area (Å²) in [7, 11) is 0. The fourth-order valence-corrected chi connectivity index (χ4v) is 3.97. The lowest BCUT2D eigenvalue weighted by Crippen LogP contribution is -2.47. The average Bonchev–Trinajstić information content (AvgIpc) is 2.95. The number of anilines is 1. The summed E-state index contributed by atoms with van der Waals surface area (Å²) in [5.74, 6) is 1.20. The minimum atomic E-state index is -0.422. The van der Waals surface area contributed by atoms with E-state index in [-0.39, 0.29) is 23.5 Å². The van der Waals surface area contributed by atoms with E-state index in [9.17, 15) is 14.4 Å². The molecule has 0 bridgehead atoms. The Hall–Kier alpha value is -1.82. The highest BCUT2D eigenvalue weighted by atomic mass is 32.2. The van der Waals surface area contributed by atoms with Crippen LogP contribution in [0.25, 0.3) is 0 Å². The molecule has 23 heavy (non-hydrogen) atoms. The normalized spacial score (nSPS) is 20.9. The van der Waals surface area contributed by atoms with Crippen LogP contribution in [0, 0.1) is 5.92 Å². The van der Waals surface area contributed by atoms with E-state index in [2.05, 4.69) is 5.32 Å². The van der Waals surface area contributed by atoms with E-state index in [4.69, 9.17) is 0 Å². The number of rotatable bonds is 4. The number of benzene rings is 1. The van der Waals surface area contributed by atoms with Crippen LogP contribution in [0.2, 0.25) is 0 Å². The molecule has 1 N–H and O–H groups in total. The number of Topliss-reactive ketones (excluding diaryl/α,β-unsaturated/α-hetero) is 1. The Morgan fingerprint density at radius 3 is 2.70 bits per heavy atom. The minimum Gasteiger partial charge on any atom is -0.324 e. The summed E-state index contributed by atoms with van der Waals surface area (Å²) in [6, 6.07) is 6.46. The number of nitrogens with one attached hydrogen (secondary N) is 1. The van der Waals surface area contributed by atoms with Gasteiger partial charge in [-0.15, -0.1) is 11.8 Å². The quantitative estimate of drug-likeness (QED) is 0.861. The van der Waals surface area contributed by atoms with Gasteiger partial charge in [0.2, 0.25) is 11.8 Å². The van der Waals surface area contributed by atoms with Crippen molar-refractivity contribution < 1.29 is 14.4 Å². The van der Waals surface area contributed by atoms with E-state index in [1.54, 1.807) is 40.9 Å². The van der Waals surface area contributed by atoms with E-state index in [1.807, 2.05) is 0 Å². The number of ketones is 1. The molecule has 1 saturated heterocycles. The van der Waals surface area contributed by atoms with Gasteiger partial charge in [0, 0.05) is 22.9 Å². The first kappa shape index (κ1) is 16.1. The molecule has 1 saturated carbocycles. The molecule has 0 radical (unpaired) electrons. The molecule has 0 aromatic heterocycles. The van der Waals surface area contributed by atoms with Crippen molar-refractivity contribution in [2.45, 2.75) is 32.2 Å². The summed E-state index contributed by atoms with van der Waals surface area (Å²) in [4.78, 5) is 38.1. The van der Waals surface area contributed by atoms with E-state index in [0.29, 0.717) is 22.9 Å². The maximum atomic E-state index is 12.5. The molecule has 1 unspecified atom stereocenters. The predicted molar refractivity (Wildman–Crippen MR) is 90.4 cm³/mol. The number of amides is 2. The zero-order chi connectivity index (χ0) is 16.4. The number of carbonyl (C=O) groups excluding carboxylic acids is 3. The Balaban J connectivity index is 1.68. The van der Waals surface area contributed by atoms with Crippen LogP contribution in [0.1, 0.15) is 36.5 Å². The summed E-state index contributed by atoms with van der Waals surface area (Å²) in [5.41, 5.74) is 1.15. The summed E-state index contributed by atoms with van der Waals surface area (Å²) in [6.07, 6.45) is 2.98. The molecular formula is C17H20N2O3S. The molecule has 1 aromatic rings. The summed E-state index contributed by atoms with van der Waals surface area (Å²) >= 11 is 1.61. The van der Waals surface area contributed by atoms with Crippen molar-refractivity contribution in [2.24, 2.45) is 5.92 Å². The monoisotopic (exact) mass is 332 g/mol. The van der Waals surface area contributed by atoms with Gasteiger partial charge in [0.15, 0.2) is 5.78 Å². The first-order chi connectivity index (χ1) is 11.1. The van der Waals surface area contributed by atoms with Gasteiger partial charge in [-0.25, -0.2) is 0 Å². The standard InChI is InChI=1S/C17H20N2O3S/c1-11(20)13-6-3-7-14(8-13)18-16(21)15-9-23-10-19(15)17(22)12-4-2-5-12/h3,6-8,12,15H,2,4-5,9-10H2,1H3,(H,18,21). The Morgan fingerprint density at radius 1 is 1.26 bits per heavy atom. The third kappa shape index (κ3) is 3.42. The van der Waals surface area contributed by atoms with E-state index in [0.717, 1.165) is 19.3 Å². The summed E-state index contributed by atoms with van der Waals surface area (Å²) in [6.45, 7) is 1.49. The first-order valence-corrected chi connectivity index (χ1v) is 9.02. The molecule has 1 aliphatic heterocycles. The molecule has 1 aliphatic carbocycles. The molecular weight excluding hydrogens is 312 g/mol. The van der Waals surface area contributed by atoms with Crippen molar-refractivity contribution in [3.05, 3.63) is 29.8 Å². The maximum absolute atomic E-state index is 12.5. The van der Waals surface area contributed by atoms with Gasteiger partial charge in [-0.05, 0) is 31.9 Å². The van der Waals surface area contributed by atoms with E-state index in [1.165, 1.54) is 6.92 Å². The van der Waals surface area contributed by atoms with Crippen molar-refractivity contribution in [1.29, 1.82) is 0 Å². The topological polar surface area (TPSA) is 66.5 Å². The zero-order valence-electron chi connectivity index (χ0n) is 13.1. The summed E-state index contributed by atoms with van der Waals surface area (Å²) < 4.78 is 0. The molecule has 2 amide bonds. The van der Waals surface area contributed by atoms with Crippen molar-refractivity contribution in [3.63, 3.8) is 0 Å². The van der Waals surface area contributed by atoms with Crippen LogP contribution >= 0.6 is 11.8 Å². The number of hydrogen-bond donors (Lipinski definition) is 1. The highest BCUT2D eigenvalue weighted by Gasteiger charge is 2.39. The second-order valence-electron chi connectivity index (χ2n) is 6.08. The third-order valence-corrected chi connectivity index (χ3v) is 5.47. The Kier molecular flexibility index (Phi) is 4.71. The number of nitrogens with zero attached hydrogens (tertiary/aromatic N) is 1. The molecule has 2 aliphatic rings. The predicted octanol–water partition coefficient (Wildman–Crippen LogP) is 2.53. The van der Waals surface area contributed by atoms with Crippen LogP contribution < -0.4 is 5.32 Å². The van der Waals surface area contributed by atoms with Crippen LogP contribution in [0.15, 0.2) is 24.3 Å². The second-order valence-corrected chi connectivity index (χ2v) is 7.08. The maximum Gasteiger partial charge on any atom is 0.248 e. The molecule has 122 valence electrons. The molecule has 0 spiro atoms. The Morgan fingerprint density at radius 2 is 2.04 bits per heavy atom. The third-order valence-electron chi connectivity index (χ3n) is 4.46. The molecule has 6 heteroatoms.